The number of nitrogens with one attached hydrogen (secondary N) is 1. The maximum Gasteiger partial charge on any atom is 0.253 e. The van der Waals surface area contributed by atoms with Gasteiger partial charge in [-0.2, -0.15) is 0 Å². The van der Waals surface area contributed by atoms with Gasteiger partial charge in [-0.25, -0.2) is 0 Å². The molecule has 3 aromatic rings. The second-order valence-electron chi connectivity index (χ2n) is 6.52. The van der Waals surface area contributed by atoms with E-state index in [-0.39, 0.29) is 5.91 Å². The largest absolute Gasteiger partial charge is 0.493 e. The van der Waals surface area contributed by atoms with Crippen molar-refractivity contribution in [3.63, 3.8) is 0 Å². The van der Waals surface area contributed by atoms with E-state index in [2.05, 4.69) is 9.88 Å². The van der Waals surface area contributed by atoms with Gasteiger partial charge in [0, 0.05) is 31.1 Å². The highest BCUT2D eigenvalue weighted by Crippen LogP contribution is 2.34. The molecule has 1 N–H and O–H groups in total. The van der Waals surface area contributed by atoms with E-state index in [1.54, 1.807) is 21.3 Å². The van der Waals surface area contributed by atoms with Gasteiger partial charge in [0.1, 0.15) is 0 Å². The summed E-state index contributed by atoms with van der Waals surface area (Å²) in [6, 6.07) is 17.6. The van der Waals surface area contributed by atoms with Gasteiger partial charge in [-0.05, 0) is 30.7 Å². The number of hydrogen-bond donors (Lipinski definition) is 1. The number of carbonyl (C=O) groups is 1. The first-order valence-electron chi connectivity index (χ1n) is 9.38. The number of hydrogen-bond acceptors (Lipinski definition) is 4. The van der Waals surface area contributed by atoms with E-state index in [0.29, 0.717) is 30.2 Å². The predicted octanol–water partition coefficient (Wildman–Crippen LogP) is 3.85. The molecule has 1 amide bonds. The second kappa shape index (κ2) is 9.30. The van der Waals surface area contributed by atoms with E-state index < -0.39 is 0 Å². The summed E-state index contributed by atoms with van der Waals surface area (Å²) in [6.45, 7) is 2.86. The highest BCUT2D eigenvalue weighted by molar-refractivity contribution is 5.97. The van der Waals surface area contributed by atoms with E-state index in [0.717, 1.165) is 22.6 Å². The SMILES string of the molecule is COCCNC(=O)c1cc(-c2ccccc2)n(-c2ccc(OC)c(OC)c2)c1C. The number of methoxy groups -OCH3 is 3. The molecule has 0 aliphatic rings. The molecule has 0 radical (unpaired) electrons. The average molecular weight is 394 g/mol. The zero-order valence-electron chi connectivity index (χ0n) is 17.2. The van der Waals surface area contributed by atoms with Crippen LogP contribution in [-0.2, 0) is 4.74 Å². The number of aromatic nitrogens is 1. The zero-order valence-corrected chi connectivity index (χ0v) is 17.2. The monoisotopic (exact) mass is 394 g/mol. The second-order valence-corrected chi connectivity index (χ2v) is 6.52. The van der Waals surface area contributed by atoms with E-state index in [4.69, 9.17) is 14.2 Å². The molecule has 0 unspecified atom stereocenters. The van der Waals surface area contributed by atoms with Gasteiger partial charge in [-0.1, -0.05) is 30.3 Å². The minimum atomic E-state index is -0.129. The lowest BCUT2D eigenvalue weighted by molar-refractivity contribution is 0.0936. The first-order chi connectivity index (χ1) is 14.1. The van der Waals surface area contributed by atoms with Crippen molar-refractivity contribution in [3.05, 3.63) is 65.9 Å². The number of carbonyl (C=O) groups excluding carboxylic acids is 1. The van der Waals surface area contributed by atoms with E-state index in [9.17, 15) is 4.79 Å². The lowest BCUT2D eigenvalue weighted by Gasteiger charge is -2.15. The van der Waals surface area contributed by atoms with Crippen molar-refractivity contribution in [3.8, 4) is 28.4 Å². The summed E-state index contributed by atoms with van der Waals surface area (Å²) in [7, 11) is 4.83. The van der Waals surface area contributed by atoms with Crippen LogP contribution in [0.25, 0.3) is 16.9 Å². The average Bonchev–Trinajstić information content (AvgIpc) is 3.11. The number of benzene rings is 2. The summed E-state index contributed by atoms with van der Waals surface area (Å²) in [5.41, 5.74) is 4.28. The molecule has 29 heavy (non-hydrogen) atoms. The van der Waals surface area contributed by atoms with Crippen molar-refractivity contribution in [2.24, 2.45) is 0 Å². The molecule has 0 aliphatic carbocycles. The van der Waals surface area contributed by atoms with Crippen LogP contribution in [0.1, 0.15) is 16.1 Å². The van der Waals surface area contributed by atoms with Gasteiger partial charge in [-0.3, -0.25) is 4.79 Å². The maximum atomic E-state index is 12.8. The maximum absolute atomic E-state index is 12.8. The van der Waals surface area contributed by atoms with Crippen LogP contribution in [0.15, 0.2) is 54.6 Å². The number of ether oxygens (including phenoxy) is 3. The van der Waals surface area contributed by atoms with Crippen molar-refractivity contribution < 1.29 is 19.0 Å². The molecule has 6 heteroatoms. The first-order valence-corrected chi connectivity index (χ1v) is 9.38. The van der Waals surface area contributed by atoms with E-state index in [1.807, 2.05) is 61.5 Å². The molecular formula is C23H26N2O4. The van der Waals surface area contributed by atoms with Crippen molar-refractivity contribution in [2.45, 2.75) is 6.92 Å². The number of amides is 1. The third kappa shape index (κ3) is 4.27. The van der Waals surface area contributed by atoms with Crippen LogP contribution in [0.2, 0.25) is 0 Å². The van der Waals surface area contributed by atoms with Crippen LogP contribution in [0.4, 0.5) is 0 Å². The van der Waals surface area contributed by atoms with Crippen LogP contribution in [0.3, 0.4) is 0 Å². The molecule has 152 valence electrons. The Balaban J connectivity index is 2.13. The topological polar surface area (TPSA) is 61.7 Å². The fourth-order valence-electron chi connectivity index (χ4n) is 3.32. The molecular weight excluding hydrogens is 368 g/mol. The van der Waals surface area contributed by atoms with E-state index in [1.165, 1.54) is 0 Å². The van der Waals surface area contributed by atoms with Gasteiger partial charge in [0.15, 0.2) is 11.5 Å². The fraction of sp³-hybridized carbons (Fsp3) is 0.261. The summed E-state index contributed by atoms with van der Waals surface area (Å²) in [6.07, 6.45) is 0. The van der Waals surface area contributed by atoms with Crippen molar-refractivity contribution in [2.75, 3.05) is 34.5 Å². The lowest BCUT2D eigenvalue weighted by atomic mass is 10.1. The van der Waals surface area contributed by atoms with Gasteiger partial charge in [-0.15, -0.1) is 0 Å². The zero-order chi connectivity index (χ0) is 20.8. The smallest absolute Gasteiger partial charge is 0.253 e. The Labute approximate surface area is 171 Å². The van der Waals surface area contributed by atoms with Crippen LogP contribution in [0.5, 0.6) is 11.5 Å². The molecule has 0 saturated carbocycles. The van der Waals surface area contributed by atoms with Gasteiger partial charge in [0.2, 0.25) is 0 Å². The Bertz CT molecular complexity index is 980. The quantitative estimate of drug-likeness (QED) is 0.590. The Morgan fingerprint density at radius 2 is 1.69 bits per heavy atom. The molecule has 0 fully saturated rings. The molecule has 1 aromatic heterocycles. The van der Waals surface area contributed by atoms with Crippen LogP contribution in [0, 0.1) is 6.92 Å². The van der Waals surface area contributed by atoms with Gasteiger partial charge >= 0.3 is 0 Å². The molecule has 0 spiro atoms. The Kier molecular flexibility index (Phi) is 6.57. The summed E-state index contributed by atoms with van der Waals surface area (Å²) < 4.78 is 17.9. The lowest BCUT2D eigenvalue weighted by Crippen LogP contribution is -2.27. The molecule has 1 heterocycles. The van der Waals surface area contributed by atoms with Crippen LogP contribution < -0.4 is 14.8 Å². The molecule has 2 aromatic carbocycles. The summed E-state index contributed by atoms with van der Waals surface area (Å²) in [4.78, 5) is 12.8. The Morgan fingerprint density at radius 3 is 2.34 bits per heavy atom. The summed E-state index contributed by atoms with van der Waals surface area (Å²) in [5.74, 6) is 1.15. The van der Waals surface area contributed by atoms with Crippen molar-refractivity contribution in [1.82, 2.24) is 9.88 Å². The highest BCUT2D eigenvalue weighted by Gasteiger charge is 2.20. The predicted molar refractivity (Wildman–Crippen MR) is 113 cm³/mol. The van der Waals surface area contributed by atoms with Crippen LogP contribution in [-0.4, -0.2) is 45.0 Å². The normalized spacial score (nSPS) is 10.6. The third-order valence-electron chi connectivity index (χ3n) is 4.78. The summed E-state index contributed by atoms with van der Waals surface area (Å²) in [5, 5.41) is 2.90. The fourth-order valence-corrected chi connectivity index (χ4v) is 3.32. The van der Waals surface area contributed by atoms with Crippen LogP contribution >= 0.6 is 0 Å². The number of nitrogens with zero attached hydrogens (tertiary/aromatic N) is 1. The standard InChI is InChI=1S/C23H26N2O4/c1-16-19(23(26)24-12-13-27-2)15-20(17-8-6-5-7-9-17)25(16)18-10-11-21(28-3)22(14-18)29-4/h5-11,14-15H,12-13H2,1-4H3,(H,24,26). The minimum absolute atomic E-state index is 0.129. The van der Waals surface area contributed by atoms with Crippen molar-refractivity contribution >= 4 is 5.91 Å². The van der Waals surface area contributed by atoms with Gasteiger partial charge in [0.05, 0.1) is 32.1 Å². The van der Waals surface area contributed by atoms with Gasteiger partial charge < -0.3 is 24.1 Å². The van der Waals surface area contributed by atoms with E-state index >= 15 is 0 Å². The first kappa shape index (κ1) is 20.5. The molecule has 0 saturated heterocycles. The molecule has 6 nitrogen and oxygen atoms in total. The number of rotatable bonds is 8. The highest BCUT2D eigenvalue weighted by atomic mass is 16.5. The molecule has 0 aliphatic heterocycles. The molecule has 3 rings (SSSR count). The molecule has 0 atom stereocenters. The third-order valence-corrected chi connectivity index (χ3v) is 4.78. The Hall–Kier alpha value is -3.25. The summed E-state index contributed by atoms with van der Waals surface area (Å²) >= 11 is 0. The van der Waals surface area contributed by atoms with Gasteiger partial charge in [0.25, 0.3) is 5.91 Å². The minimum Gasteiger partial charge on any atom is -0.493 e. The van der Waals surface area contributed by atoms with Crippen molar-refractivity contribution in [1.29, 1.82) is 0 Å². The molecule has 0 bridgehead atoms. The Morgan fingerprint density at radius 1 is 0.966 bits per heavy atom.